The van der Waals surface area contributed by atoms with Gasteiger partial charge in [-0.05, 0) is 49.0 Å². The van der Waals surface area contributed by atoms with E-state index in [-0.39, 0.29) is 11.3 Å². The molecule has 1 amide bonds. The Bertz CT molecular complexity index is 618. The standard InChI is InChI=1S/C21H32N2O3/c1-21(2,3)15-20(24)23(11-10-22-8-4-5-9-22)16-17-6-7-18-19(14-17)26-13-12-25-18/h6-7,14H,4-5,8-13,15-16H2,1-3H3. The van der Waals surface area contributed by atoms with Crippen LogP contribution >= 0.6 is 0 Å². The van der Waals surface area contributed by atoms with Crippen LogP contribution in [0.25, 0.3) is 0 Å². The molecule has 0 radical (unpaired) electrons. The summed E-state index contributed by atoms with van der Waals surface area (Å²) in [5.41, 5.74) is 1.09. The molecule has 144 valence electrons. The largest absolute Gasteiger partial charge is 0.486 e. The van der Waals surface area contributed by atoms with Crippen molar-refractivity contribution in [2.24, 2.45) is 5.41 Å². The lowest BCUT2D eigenvalue weighted by atomic mass is 9.91. The quantitative estimate of drug-likeness (QED) is 0.780. The van der Waals surface area contributed by atoms with Crippen molar-refractivity contribution in [3.8, 4) is 11.5 Å². The van der Waals surface area contributed by atoms with Gasteiger partial charge in [-0.25, -0.2) is 0 Å². The molecule has 0 aliphatic carbocycles. The van der Waals surface area contributed by atoms with Crippen molar-refractivity contribution >= 4 is 5.91 Å². The second kappa shape index (κ2) is 8.30. The number of hydrogen-bond donors (Lipinski definition) is 0. The molecule has 3 rings (SSSR count). The van der Waals surface area contributed by atoms with Crippen LogP contribution in [0.5, 0.6) is 11.5 Å². The Hall–Kier alpha value is -1.75. The van der Waals surface area contributed by atoms with Crippen LogP contribution in [0.1, 0.15) is 45.6 Å². The maximum atomic E-state index is 12.9. The molecule has 1 saturated heterocycles. The minimum absolute atomic E-state index is 0.00419. The molecule has 5 nitrogen and oxygen atoms in total. The predicted octanol–water partition coefficient (Wildman–Crippen LogP) is 3.32. The summed E-state index contributed by atoms with van der Waals surface area (Å²) in [6.07, 6.45) is 3.12. The lowest BCUT2D eigenvalue weighted by molar-refractivity contribution is -0.133. The smallest absolute Gasteiger partial charge is 0.223 e. The van der Waals surface area contributed by atoms with Crippen LogP contribution in [-0.2, 0) is 11.3 Å². The fourth-order valence-corrected chi connectivity index (χ4v) is 3.53. The Morgan fingerprint density at radius 3 is 2.50 bits per heavy atom. The van der Waals surface area contributed by atoms with Crippen LogP contribution in [0.3, 0.4) is 0 Å². The Morgan fingerprint density at radius 1 is 1.12 bits per heavy atom. The van der Waals surface area contributed by atoms with Crippen LogP contribution in [0, 0.1) is 5.41 Å². The van der Waals surface area contributed by atoms with E-state index in [0.717, 1.165) is 43.2 Å². The van der Waals surface area contributed by atoms with Gasteiger partial charge in [-0.2, -0.15) is 0 Å². The van der Waals surface area contributed by atoms with Gasteiger partial charge in [0.05, 0.1) is 0 Å². The lowest BCUT2D eigenvalue weighted by Crippen LogP contribution is -2.39. The van der Waals surface area contributed by atoms with Gasteiger partial charge in [0, 0.05) is 26.1 Å². The zero-order chi connectivity index (χ0) is 18.6. The van der Waals surface area contributed by atoms with Gasteiger partial charge in [0.25, 0.3) is 0 Å². The van der Waals surface area contributed by atoms with Gasteiger partial charge in [-0.15, -0.1) is 0 Å². The van der Waals surface area contributed by atoms with Gasteiger partial charge in [0.2, 0.25) is 5.91 Å². The van der Waals surface area contributed by atoms with Gasteiger partial charge < -0.3 is 19.3 Å². The molecule has 0 aromatic heterocycles. The number of hydrogen-bond acceptors (Lipinski definition) is 4. The van der Waals surface area contributed by atoms with E-state index >= 15 is 0 Å². The number of benzene rings is 1. The van der Waals surface area contributed by atoms with Crippen LogP contribution in [-0.4, -0.2) is 55.1 Å². The van der Waals surface area contributed by atoms with Crippen molar-refractivity contribution in [3.05, 3.63) is 23.8 Å². The fourth-order valence-electron chi connectivity index (χ4n) is 3.53. The Labute approximate surface area is 157 Å². The van der Waals surface area contributed by atoms with E-state index in [1.807, 2.05) is 23.1 Å². The van der Waals surface area contributed by atoms with E-state index in [0.29, 0.717) is 26.2 Å². The number of nitrogens with zero attached hydrogens (tertiary/aromatic N) is 2. The highest BCUT2D eigenvalue weighted by atomic mass is 16.6. The summed E-state index contributed by atoms with van der Waals surface area (Å²) in [5.74, 6) is 1.81. The number of ether oxygens (including phenoxy) is 2. The van der Waals surface area contributed by atoms with E-state index < -0.39 is 0 Å². The van der Waals surface area contributed by atoms with Crippen molar-refractivity contribution in [2.75, 3.05) is 39.4 Å². The first-order chi connectivity index (χ1) is 12.4. The summed E-state index contributed by atoms with van der Waals surface area (Å²) in [7, 11) is 0. The summed E-state index contributed by atoms with van der Waals surface area (Å²) in [6, 6.07) is 6.01. The minimum atomic E-state index is -0.00419. The zero-order valence-electron chi connectivity index (χ0n) is 16.4. The number of likely N-dealkylation sites (tertiary alicyclic amines) is 1. The molecular weight excluding hydrogens is 328 g/mol. The predicted molar refractivity (Wildman–Crippen MR) is 103 cm³/mol. The van der Waals surface area contributed by atoms with Gasteiger partial charge >= 0.3 is 0 Å². The first-order valence-corrected chi connectivity index (χ1v) is 9.79. The number of carbonyl (C=O) groups is 1. The molecule has 0 saturated carbocycles. The zero-order valence-corrected chi connectivity index (χ0v) is 16.4. The topological polar surface area (TPSA) is 42.0 Å². The Kier molecular flexibility index (Phi) is 6.07. The molecule has 26 heavy (non-hydrogen) atoms. The molecule has 0 spiro atoms. The highest BCUT2D eigenvalue weighted by Crippen LogP contribution is 2.31. The molecule has 0 atom stereocenters. The molecule has 2 aliphatic heterocycles. The SMILES string of the molecule is CC(C)(C)CC(=O)N(CCN1CCCC1)Cc1ccc2c(c1)OCCO2. The molecule has 0 N–H and O–H groups in total. The van der Waals surface area contributed by atoms with Crippen LogP contribution in [0.4, 0.5) is 0 Å². The maximum absolute atomic E-state index is 12.9. The third-order valence-electron chi connectivity index (χ3n) is 4.90. The van der Waals surface area contributed by atoms with Gasteiger partial charge in [-0.3, -0.25) is 4.79 Å². The third-order valence-corrected chi connectivity index (χ3v) is 4.90. The van der Waals surface area contributed by atoms with Gasteiger partial charge in [0.1, 0.15) is 13.2 Å². The number of rotatable bonds is 6. The molecule has 2 aliphatic rings. The van der Waals surface area contributed by atoms with Crippen molar-refractivity contribution in [2.45, 2.75) is 46.6 Å². The van der Waals surface area contributed by atoms with E-state index in [4.69, 9.17) is 9.47 Å². The second-order valence-electron chi connectivity index (χ2n) is 8.58. The molecule has 1 aromatic carbocycles. The number of carbonyl (C=O) groups excluding carboxylic acids is 1. The maximum Gasteiger partial charge on any atom is 0.223 e. The van der Waals surface area contributed by atoms with Crippen LogP contribution < -0.4 is 9.47 Å². The van der Waals surface area contributed by atoms with E-state index in [9.17, 15) is 4.79 Å². The van der Waals surface area contributed by atoms with Gasteiger partial charge in [-0.1, -0.05) is 26.8 Å². The Morgan fingerprint density at radius 2 is 1.81 bits per heavy atom. The average molecular weight is 360 g/mol. The summed E-state index contributed by atoms with van der Waals surface area (Å²) >= 11 is 0. The normalized spacial score (nSPS) is 17.3. The average Bonchev–Trinajstić information content (AvgIpc) is 3.10. The highest BCUT2D eigenvalue weighted by Gasteiger charge is 2.23. The van der Waals surface area contributed by atoms with E-state index in [1.165, 1.54) is 12.8 Å². The van der Waals surface area contributed by atoms with Crippen molar-refractivity contribution in [1.82, 2.24) is 9.80 Å². The van der Waals surface area contributed by atoms with E-state index in [1.54, 1.807) is 0 Å². The van der Waals surface area contributed by atoms with Crippen molar-refractivity contribution in [1.29, 1.82) is 0 Å². The van der Waals surface area contributed by atoms with Gasteiger partial charge in [0.15, 0.2) is 11.5 Å². The fraction of sp³-hybridized carbons (Fsp3) is 0.667. The number of fused-ring (bicyclic) bond motifs is 1. The van der Waals surface area contributed by atoms with Crippen LogP contribution in [0.2, 0.25) is 0 Å². The lowest BCUT2D eigenvalue weighted by Gasteiger charge is -2.29. The number of amides is 1. The third kappa shape index (κ3) is 5.37. The molecular formula is C21H32N2O3. The second-order valence-corrected chi connectivity index (χ2v) is 8.58. The molecule has 5 heteroatoms. The molecule has 0 bridgehead atoms. The van der Waals surface area contributed by atoms with E-state index in [2.05, 4.69) is 25.7 Å². The monoisotopic (exact) mass is 360 g/mol. The summed E-state index contributed by atoms with van der Waals surface area (Å²) in [5, 5.41) is 0. The summed E-state index contributed by atoms with van der Waals surface area (Å²) in [6.45, 7) is 12.2. The summed E-state index contributed by atoms with van der Waals surface area (Å²) < 4.78 is 11.3. The summed E-state index contributed by atoms with van der Waals surface area (Å²) in [4.78, 5) is 17.4. The molecule has 2 heterocycles. The Balaban J connectivity index is 1.68. The minimum Gasteiger partial charge on any atom is -0.486 e. The first kappa shape index (κ1) is 19.0. The highest BCUT2D eigenvalue weighted by molar-refractivity contribution is 5.76. The molecule has 1 aromatic rings. The molecule has 0 unspecified atom stereocenters. The first-order valence-electron chi connectivity index (χ1n) is 9.79. The molecule has 1 fully saturated rings. The van der Waals surface area contributed by atoms with Crippen molar-refractivity contribution < 1.29 is 14.3 Å². The van der Waals surface area contributed by atoms with Crippen LogP contribution in [0.15, 0.2) is 18.2 Å². The van der Waals surface area contributed by atoms with Crippen molar-refractivity contribution in [3.63, 3.8) is 0 Å².